The number of carbonyl (C=O) groups excluding carboxylic acids is 2. The summed E-state index contributed by atoms with van der Waals surface area (Å²) in [4.78, 5) is 28.5. The van der Waals surface area contributed by atoms with Crippen LogP contribution in [-0.4, -0.2) is 16.8 Å². The fourth-order valence-electron chi connectivity index (χ4n) is 3.07. The van der Waals surface area contributed by atoms with Gasteiger partial charge in [-0.3, -0.25) is 9.59 Å². The maximum atomic E-state index is 12.6. The number of nitrogens with zero attached hydrogens (tertiary/aromatic N) is 1. The second-order valence-corrected chi connectivity index (χ2v) is 9.93. The van der Waals surface area contributed by atoms with E-state index >= 15 is 0 Å². The third-order valence-electron chi connectivity index (χ3n) is 4.72. The minimum Gasteiger partial charge on any atom is -0.326 e. The van der Waals surface area contributed by atoms with Gasteiger partial charge in [0.1, 0.15) is 0 Å². The lowest BCUT2D eigenvalue weighted by Crippen LogP contribution is -2.12. The Hall–Kier alpha value is -2.87. The molecule has 0 unspecified atom stereocenters. The number of anilines is 2. The molecule has 32 heavy (non-hydrogen) atoms. The minimum absolute atomic E-state index is 0.0942. The van der Waals surface area contributed by atoms with Crippen LogP contribution in [0, 0.1) is 6.92 Å². The molecule has 0 saturated heterocycles. The van der Waals surface area contributed by atoms with Gasteiger partial charge in [0.2, 0.25) is 5.91 Å². The Morgan fingerprint density at radius 2 is 1.81 bits per heavy atom. The van der Waals surface area contributed by atoms with Crippen molar-refractivity contribution >= 4 is 68.1 Å². The molecule has 0 radical (unpaired) electrons. The number of amides is 2. The minimum atomic E-state index is -0.171. The number of aryl methyl sites for hydroxylation is 1. The molecule has 3 aromatic carbocycles. The molecular weight excluding hydrogens is 462 g/mol. The quantitative estimate of drug-likeness (QED) is 0.298. The predicted molar refractivity (Wildman–Crippen MR) is 134 cm³/mol. The molecule has 2 N–H and O–H groups in total. The number of hydrogen-bond donors (Lipinski definition) is 2. The van der Waals surface area contributed by atoms with Crippen molar-refractivity contribution in [3.63, 3.8) is 0 Å². The van der Waals surface area contributed by atoms with Crippen molar-refractivity contribution in [1.82, 2.24) is 4.98 Å². The van der Waals surface area contributed by atoms with Crippen LogP contribution in [0.2, 0.25) is 5.02 Å². The van der Waals surface area contributed by atoms with Gasteiger partial charge in [-0.25, -0.2) is 4.98 Å². The summed E-state index contributed by atoms with van der Waals surface area (Å²) >= 11 is 9.27. The van der Waals surface area contributed by atoms with Crippen molar-refractivity contribution in [2.75, 3.05) is 10.6 Å². The van der Waals surface area contributed by atoms with Crippen molar-refractivity contribution in [1.29, 1.82) is 0 Å². The highest BCUT2D eigenvalue weighted by atomic mass is 35.5. The van der Waals surface area contributed by atoms with Crippen LogP contribution >= 0.6 is 34.7 Å². The van der Waals surface area contributed by atoms with Gasteiger partial charge in [0.15, 0.2) is 4.34 Å². The van der Waals surface area contributed by atoms with E-state index in [2.05, 4.69) is 15.6 Å². The summed E-state index contributed by atoms with van der Waals surface area (Å²) in [6.07, 6.45) is 0. The van der Waals surface area contributed by atoms with E-state index in [1.54, 1.807) is 35.2 Å². The molecule has 162 valence electrons. The Kier molecular flexibility index (Phi) is 6.79. The van der Waals surface area contributed by atoms with Gasteiger partial charge in [-0.15, -0.1) is 11.3 Å². The van der Waals surface area contributed by atoms with Gasteiger partial charge in [-0.1, -0.05) is 41.6 Å². The lowest BCUT2D eigenvalue weighted by molar-refractivity contribution is -0.114. The van der Waals surface area contributed by atoms with Gasteiger partial charge < -0.3 is 10.6 Å². The first-order chi connectivity index (χ1) is 15.4. The third kappa shape index (κ3) is 5.48. The first-order valence-corrected chi connectivity index (χ1v) is 12.0. The van der Waals surface area contributed by atoms with Gasteiger partial charge in [0.25, 0.3) is 5.91 Å². The molecule has 0 aliphatic rings. The van der Waals surface area contributed by atoms with Crippen LogP contribution in [0.1, 0.15) is 28.4 Å². The summed E-state index contributed by atoms with van der Waals surface area (Å²) in [5.41, 5.74) is 5.03. The zero-order chi connectivity index (χ0) is 22.7. The van der Waals surface area contributed by atoms with Crippen LogP contribution in [0.4, 0.5) is 11.4 Å². The van der Waals surface area contributed by atoms with Gasteiger partial charge in [-0.05, 0) is 60.5 Å². The number of carbonyl (C=O) groups is 2. The van der Waals surface area contributed by atoms with Gasteiger partial charge in [-0.2, -0.15) is 0 Å². The molecular formula is C24H20ClN3O2S2. The van der Waals surface area contributed by atoms with Crippen molar-refractivity contribution in [2.45, 2.75) is 23.9 Å². The van der Waals surface area contributed by atoms with E-state index in [1.165, 1.54) is 6.92 Å². The Balaban J connectivity index is 1.39. The molecule has 0 aliphatic carbocycles. The number of fused-ring (bicyclic) bond motifs is 1. The molecule has 0 spiro atoms. The van der Waals surface area contributed by atoms with E-state index in [9.17, 15) is 9.59 Å². The number of halogens is 1. The number of benzene rings is 3. The van der Waals surface area contributed by atoms with Crippen LogP contribution in [-0.2, 0) is 10.5 Å². The van der Waals surface area contributed by atoms with Gasteiger partial charge >= 0.3 is 0 Å². The standard InChI is InChI=1S/C24H20ClN3O2S2/c1-14-3-8-18(25)11-21(14)27-23(30)17-6-4-16(5-7-17)13-31-24-28-20-10-9-19(26-15(2)29)12-22(20)32-24/h3-12H,13H2,1-2H3,(H,26,29)(H,27,30). The van der Waals surface area contributed by atoms with Crippen LogP contribution < -0.4 is 10.6 Å². The van der Waals surface area contributed by atoms with Crippen molar-refractivity contribution in [3.05, 3.63) is 82.4 Å². The molecule has 4 rings (SSSR count). The maximum Gasteiger partial charge on any atom is 0.255 e. The third-order valence-corrected chi connectivity index (χ3v) is 7.18. The molecule has 0 saturated carbocycles. The van der Waals surface area contributed by atoms with Crippen molar-refractivity contribution in [3.8, 4) is 0 Å². The molecule has 5 nitrogen and oxygen atoms in total. The summed E-state index contributed by atoms with van der Waals surface area (Å²) in [7, 11) is 0. The van der Waals surface area contributed by atoms with E-state index < -0.39 is 0 Å². The van der Waals surface area contributed by atoms with E-state index in [4.69, 9.17) is 11.6 Å². The first kappa shape index (κ1) is 22.3. The summed E-state index contributed by atoms with van der Waals surface area (Å²) in [6.45, 7) is 3.42. The highest BCUT2D eigenvalue weighted by Gasteiger charge is 2.10. The summed E-state index contributed by atoms with van der Waals surface area (Å²) in [5.74, 6) is 0.479. The average molecular weight is 482 g/mol. The number of rotatable bonds is 6. The topological polar surface area (TPSA) is 71.1 Å². The van der Waals surface area contributed by atoms with E-state index in [0.29, 0.717) is 16.3 Å². The molecule has 0 fully saturated rings. The fraction of sp³-hybridized carbons (Fsp3) is 0.125. The summed E-state index contributed by atoms with van der Waals surface area (Å²) in [5, 5.41) is 6.29. The summed E-state index contributed by atoms with van der Waals surface area (Å²) in [6, 6.07) is 18.7. The SMILES string of the molecule is CC(=O)Nc1ccc2nc(SCc3ccc(C(=O)Nc4cc(Cl)ccc4C)cc3)sc2c1. The van der Waals surface area contributed by atoms with Crippen molar-refractivity contribution < 1.29 is 9.59 Å². The Bertz CT molecular complexity index is 1300. The van der Waals surface area contributed by atoms with Crippen LogP contribution in [0.15, 0.2) is 65.0 Å². The monoisotopic (exact) mass is 481 g/mol. The zero-order valence-electron chi connectivity index (χ0n) is 17.4. The highest BCUT2D eigenvalue weighted by molar-refractivity contribution is 8.00. The zero-order valence-corrected chi connectivity index (χ0v) is 19.8. The molecule has 1 heterocycles. The number of aromatic nitrogens is 1. The lowest BCUT2D eigenvalue weighted by Gasteiger charge is -2.09. The van der Waals surface area contributed by atoms with E-state index in [-0.39, 0.29) is 11.8 Å². The van der Waals surface area contributed by atoms with Gasteiger partial charge in [0.05, 0.1) is 10.2 Å². The van der Waals surface area contributed by atoms with E-state index in [0.717, 1.165) is 37.1 Å². The molecule has 0 bridgehead atoms. The Morgan fingerprint density at radius 3 is 2.56 bits per heavy atom. The largest absolute Gasteiger partial charge is 0.326 e. The molecule has 0 atom stereocenters. The second-order valence-electron chi connectivity index (χ2n) is 7.24. The number of hydrogen-bond acceptors (Lipinski definition) is 5. The van der Waals surface area contributed by atoms with Crippen LogP contribution in [0.25, 0.3) is 10.2 Å². The maximum absolute atomic E-state index is 12.6. The average Bonchev–Trinajstić information content (AvgIpc) is 3.17. The number of thiazole rings is 1. The predicted octanol–water partition coefficient (Wildman–Crippen LogP) is 6.76. The highest BCUT2D eigenvalue weighted by Crippen LogP contribution is 2.33. The van der Waals surface area contributed by atoms with Gasteiger partial charge in [0, 0.05) is 34.6 Å². The first-order valence-electron chi connectivity index (χ1n) is 9.85. The van der Waals surface area contributed by atoms with Crippen LogP contribution in [0.3, 0.4) is 0 Å². The molecule has 4 aromatic rings. The molecule has 1 aromatic heterocycles. The Morgan fingerprint density at radius 1 is 1.03 bits per heavy atom. The molecule has 8 heteroatoms. The number of nitrogens with one attached hydrogen (secondary N) is 2. The van der Waals surface area contributed by atoms with Crippen molar-refractivity contribution in [2.24, 2.45) is 0 Å². The van der Waals surface area contributed by atoms with E-state index in [1.807, 2.05) is 55.5 Å². The fourth-order valence-corrected chi connectivity index (χ4v) is 5.30. The summed E-state index contributed by atoms with van der Waals surface area (Å²) < 4.78 is 1.99. The molecule has 0 aliphatic heterocycles. The smallest absolute Gasteiger partial charge is 0.255 e. The Labute approximate surface area is 199 Å². The molecule has 2 amide bonds. The van der Waals surface area contributed by atoms with Crippen LogP contribution in [0.5, 0.6) is 0 Å². The lowest BCUT2D eigenvalue weighted by atomic mass is 10.1. The normalized spacial score (nSPS) is 10.8. The second kappa shape index (κ2) is 9.73. The number of thioether (sulfide) groups is 1.